The van der Waals surface area contributed by atoms with Crippen LogP contribution in [0.3, 0.4) is 0 Å². The Morgan fingerprint density at radius 3 is 2.86 bits per heavy atom. The van der Waals surface area contributed by atoms with E-state index < -0.39 is 6.10 Å². The lowest BCUT2D eigenvalue weighted by Gasteiger charge is -2.21. The average Bonchev–Trinajstić information content (AvgIpc) is 2.69. The molecule has 1 heterocycles. The fourth-order valence-corrected chi connectivity index (χ4v) is 2.03. The van der Waals surface area contributed by atoms with Crippen LogP contribution >= 0.6 is 11.3 Å². The van der Waals surface area contributed by atoms with Gasteiger partial charge in [-0.15, -0.1) is 11.3 Å². The minimum absolute atomic E-state index is 0.166. The zero-order chi connectivity index (χ0) is 10.4. The van der Waals surface area contributed by atoms with E-state index >= 15 is 0 Å². The van der Waals surface area contributed by atoms with Gasteiger partial charge >= 0.3 is 0 Å². The average molecular weight is 215 g/mol. The summed E-state index contributed by atoms with van der Waals surface area (Å²) >= 11 is 1.72. The van der Waals surface area contributed by atoms with E-state index in [-0.39, 0.29) is 6.61 Å². The van der Waals surface area contributed by atoms with Gasteiger partial charge in [-0.3, -0.25) is 4.90 Å². The first-order valence-electron chi connectivity index (χ1n) is 4.80. The van der Waals surface area contributed by atoms with Crippen molar-refractivity contribution >= 4 is 11.3 Å². The van der Waals surface area contributed by atoms with Crippen molar-refractivity contribution in [3.8, 4) is 0 Å². The van der Waals surface area contributed by atoms with E-state index in [9.17, 15) is 5.11 Å². The fourth-order valence-electron chi connectivity index (χ4n) is 1.28. The molecule has 1 unspecified atom stereocenters. The molecule has 0 bridgehead atoms. The number of hydrogen-bond acceptors (Lipinski definition) is 4. The molecular weight excluding hydrogens is 198 g/mol. The molecule has 1 aromatic heterocycles. The highest BCUT2D eigenvalue weighted by atomic mass is 32.1. The van der Waals surface area contributed by atoms with Gasteiger partial charge in [-0.25, -0.2) is 0 Å². The van der Waals surface area contributed by atoms with Crippen molar-refractivity contribution in [2.24, 2.45) is 0 Å². The fraction of sp³-hybridized carbons (Fsp3) is 0.600. The van der Waals surface area contributed by atoms with E-state index in [0.717, 1.165) is 13.1 Å². The van der Waals surface area contributed by atoms with Crippen LogP contribution < -0.4 is 0 Å². The van der Waals surface area contributed by atoms with Gasteiger partial charge in [0.2, 0.25) is 0 Å². The molecule has 3 nitrogen and oxygen atoms in total. The Morgan fingerprint density at radius 1 is 1.57 bits per heavy atom. The van der Waals surface area contributed by atoms with Gasteiger partial charge in [0, 0.05) is 18.0 Å². The first-order valence-corrected chi connectivity index (χ1v) is 5.68. The number of rotatable bonds is 6. The summed E-state index contributed by atoms with van der Waals surface area (Å²) < 4.78 is 0. The zero-order valence-electron chi connectivity index (χ0n) is 8.39. The summed E-state index contributed by atoms with van der Waals surface area (Å²) in [6, 6.07) is 4.11. The minimum Gasteiger partial charge on any atom is -0.394 e. The Morgan fingerprint density at radius 2 is 2.36 bits per heavy atom. The van der Waals surface area contributed by atoms with Crippen LogP contribution in [-0.4, -0.2) is 40.9 Å². The van der Waals surface area contributed by atoms with E-state index in [2.05, 4.69) is 17.9 Å². The molecule has 0 aromatic carbocycles. The monoisotopic (exact) mass is 215 g/mol. The maximum Gasteiger partial charge on any atom is 0.0897 e. The van der Waals surface area contributed by atoms with Crippen LogP contribution in [0.4, 0.5) is 0 Å². The van der Waals surface area contributed by atoms with E-state index in [1.54, 1.807) is 11.3 Å². The number of thiophene rings is 1. The summed E-state index contributed by atoms with van der Waals surface area (Å²) in [7, 11) is 0. The summed E-state index contributed by atoms with van der Waals surface area (Å²) in [5, 5.41) is 20.1. The molecule has 0 saturated heterocycles. The van der Waals surface area contributed by atoms with Gasteiger partial charge < -0.3 is 10.2 Å². The maximum atomic E-state index is 9.30. The Labute approximate surface area is 88.6 Å². The van der Waals surface area contributed by atoms with Crippen molar-refractivity contribution < 1.29 is 10.2 Å². The Bertz CT molecular complexity index is 238. The molecule has 0 radical (unpaired) electrons. The summed E-state index contributed by atoms with van der Waals surface area (Å²) in [6.45, 7) is 4.16. The largest absolute Gasteiger partial charge is 0.394 e. The number of likely N-dealkylation sites (N-methyl/N-ethyl adjacent to an activating group) is 1. The van der Waals surface area contributed by atoms with Crippen molar-refractivity contribution in [2.45, 2.75) is 19.6 Å². The van der Waals surface area contributed by atoms with Crippen molar-refractivity contribution in [3.05, 3.63) is 22.4 Å². The first-order chi connectivity index (χ1) is 6.76. The van der Waals surface area contributed by atoms with Gasteiger partial charge in [-0.2, -0.15) is 0 Å². The quantitative estimate of drug-likeness (QED) is 0.741. The van der Waals surface area contributed by atoms with Gasteiger partial charge in [0.1, 0.15) is 0 Å². The minimum atomic E-state index is -0.630. The Balaban J connectivity index is 2.39. The van der Waals surface area contributed by atoms with E-state index in [0.29, 0.717) is 6.54 Å². The summed E-state index contributed by atoms with van der Waals surface area (Å²) in [5.41, 5.74) is 0. The predicted octanol–water partition coefficient (Wildman–Crippen LogP) is 0.923. The molecular formula is C10H17NO2S. The molecule has 0 aliphatic heterocycles. The maximum absolute atomic E-state index is 9.30. The van der Waals surface area contributed by atoms with Crippen LogP contribution in [0.25, 0.3) is 0 Å². The third kappa shape index (κ3) is 3.75. The molecule has 0 aliphatic carbocycles. The molecule has 1 aromatic rings. The van der Waals surface area contributed by atoms with Gasteiger partial charge in [0.05, 0.1) is 12.7 Å². The molecule has 4 heteroatoms. The van der Waals surface area contributed by atoms with Gasteiger partial charge in [0.25, 0.3) is 0 Å². The topological polar surface area (TPSA) is 43.7 Å². The van der Waals surface area contributed by atoms with E-state index in [1.165, 1.54) is 4.88 Å². The lowest BCUT2D eigenvalue weighted by molar-refractivity contribution is 0.0587. The summed E-state index contributed by atoms with van der Waals surface area (Å²) in [6.07, 6.45) is -0.630. The second-order valence-corrected chi connectivity index (χ2v) is 4.28. The molecule has 14 heavy (non-hydrogen) atoms. The molecule has 2 N–H and O–H groups in total. The van der Waals surface area contributed by atoms with Gasteiger partial charge in [-0.05, 0) is 18.0 Å². The van der Waals surface area contributed by atoms with Gasteiger partial charge in [0.15, 0.2) is 0 Å². The second kappa shape index (κ2) is 6.14. The summed E-state index contributed by atoms with van der Waals surface area (Å²) in [5.74, 6) is 0. The third-order valence-electron chi connectivity index (χ3n) is 2.09. The molecule has 0 saturated carbocycles. The van der Waals surface area contributed by atoms with Crippen LogP contribution in [0.1, 0.15) is 11.8 Å². The molecule has 0 fully saturated rings. The highest BCUT2D eigenvalue weighted by Gasteiger charge is 2.09. The van der Waals surface area contributed by atoms with Gasteiger partial charge in [-0.1, -0.05) is 13.0 Å². The van der Waals surface area contributed by atoms with Crippen LogP contribution in [0.15, 0.2) is 17.5 Å². The number of nitrogens with zero attached hydrogens (tertiary/aromatic N) is 1. The summed E-state index contributed by atoms with van der Waals surface area (Å²) in [4.78, 5) is 3.41. The highest BCUT2D eigenvalue weighted by molar-refractivity contribution is 7.09. The Hall–Kier alpha value is -0.420. The molecule has 0 aliphatic rings. The van der Waals surface area contributed by atoms with Crippen molar-refractivity contribution in [1.29, 1.82) is 0 Å². The number of aliphatic hydroxyl groups is 2. The van der Waals surface area contributed by atoms with Crippen LogP contribution in [0.5, 0.6) is 0 Å². The van der Waals surface area contributed by atoms with Crippen LogP contribution in [-0.2, 0) is 6.54 Å². The predicted molar refractivity (Wildman–Crippen MR) is 58.4 cm³/mol. The van der Waals surface area contributed by atoms with E-state index in [1.807, 2.05) is 11.4 Å². The van der Waals surface area contributed by atoms with Crippen LogP contribution in [0.2, 0.25) is 0 Å². The van der Waals surface area contributed by atoms with Crippen molar-refractivity contribution in [1.82, 2.24) is 4.90 Å². The van der Waals surface area contributed by atoms with E-state index in [4.69, 9.17) is 5.11 Å². The number of hydrogen-bond donors (Lipinski definition) is 2. The lowest BCUT2D eigenvalue weighted by atomic mass is 10.3. The molecule has 1 rings (SSSR count). The highest BCUT2D eigenvalue weighted by Crippen LogP contribution is 2.11. The standard InChI is InChI=1S/C10H17NO2S/c1-2-11(6-9(13)8-12)7-10-4-3-5-14-10/h3-5,9,12-13H,2,6-8H2,1H3. The molecule has 0 amide bonds. The second-order valence-electron chi connectivity index (χ2n) is 3.24. The third-order valence-corrected chi connectivity index (χ3v) is 2.95. The lowest BCUT2D eigenvalue weighted by Crippen LogP contribution is -2.33. The van der Waals surface area contributed by atoms with Crippen LogP contribution in [0, 0.1) is 0 Å². The number of aliphatic hydroxyl groups excluding tert-OH is 2. The molecule has 0 spiro atoms. The molecule has 80 valence electrons. The van der Waals surface area contributed by atoms with Crippen molar-refractivity contribution in [3.63, 3.8) is 0 Å². The molecule has 1 atom stereocenters. The normalized spacial score (nSPS) is 13.4. The smallest absolute Gasteiger partial charge is 0.0897 e. The Kier molecular flexibility index (Phi) is 5.11. The zero-order valence-corrected chi connectivity index (χ0v) is 9.20. The van der Waals surface area contributed by atoms with Crippen molar-refractivity contribution in [2.75, 3.05) is 19.7 Å². The SMILES string of the molecule is CCN(Cc1cccs1)CC(O)CO. The first kappa shape index (κ1) is 11.7.